The lowest BCUT2D eigenvalue weighted by Crippen LogP contribution is -2.41. The molecule has 0 unspecified atom stereocenters. The van der Waals surface area contributed by atoms with Crippen LogP contribution in [0.5, 0.6) is 5.75 Å². The van der Waals surface area contributed by atoms with E-state index in [-0.39, 0.29) is 35.4 Å². The van der Waals surface area contributed by atoms with E-state index in [1.807, 2.05) is 12.1 Å². The molecule has 4 N–H and O–H groups in total. The van der Waals surface area contributed by atoms with Gasteiger partial charge in [0.05, 0.1) is 12.6 Å². The van der Waals surface area contributed by atoms with E-state index in [1.54, 1.807) is 0 Å². The van der Waals surface area contributed by atoms with E-state index in [2.05, 4.69) is 37.7 Å². The maximum Gasteiger partial charge on any atom is 0.405 e. The number of para-hydroxylation sites is 1. The van der Waals surface area contributed by atoms with E-state index in [0.717, 1.165) is 24.8 Å². The zero-order valence-electron chi connectivity index (χ0n) is 17.3. The number of halogens is 2. The Balaban J connectivity index is 1.53. The van der Waals surface area contributed by atoms with Crippen molar-refractivity contribution in [3.63, 3.8) is 0 Å². The number of aromatic nitrogens is 3. The van der Waals surface area contributed by atoms with Gasteiger partial charge in [-0.1, -0.05) is 29.8 Å². The summed E-state index contributed by atoms with van der Waals surface area (Å²) in [5, 5.41) is 16.0. The summed E-state index contributed by atoms with van der Waals surface area (Å²) < 4.78 is 10.9. The van der Waals surface area contributed by atoms with Crippen LogP contribution in [0.25, 0.3) is 10.9 Å². The number of ether oxygens (including phenoxy) is 2. The number of carbonyl (C=O) groups is 1. The van der Waals surface area contributed by atoms with Gasteiger partial charge in [-0.15, -0.1) is 0 Å². The van der Waals surface area contributed by atoms with Crippen molar-refractivity contribution < 1.29 is 19.4 Å². The Morgan fingerprint density at radius 3 is 2.91 bits per heavy atom. The number of hydrogen-bond donors (Lipinski definition) is 4. The van der Waals surface area contributed by atoms with Gasteiger partial charge in [0, 0.05) is 29.7 Å². The minimum Gasteiger partial charge on any atom is -0.485 e. The van der Waals surface area contributed by atoms with E-state index >= 15 is 0 Å². The molecule has 0 fully saturated rings. The number of benzene rings is 1. The number of hydrogen-bond acceptors (Lipinski definition) is 6. The molecule has 1 aliphatic carbocycles. The molecule has 0 bridgehead atoms. The second-order valence-electron chi connectivity index (χ2n) is 7.59. The number of aryl methyl sites for hydroxylation is 1. The Morgan fingerprint density at radius 2 is 2.12 bits per heavy atom. The van der Waals surface area contributed by atoms with Crippen molar-refractivity contribution in [2.45, 2.75) is 31.3 Å². The number of methoxy groups -OCH3 is 1. The topological polar surface area (TPSA) is 121 Å². The summed E-state index contributed by atoms with van der Waals surface area (Å²) >= 11 is 12.3. The molecule has 2 atom stereocenters. The van der Waals surface area contributed by atoms with Crippen molar-refractivity contribution in [3.8, 4) is 5.75 Å². The van der Waals surface area contributed by atoms with Gasteiger partial charge in [0.15, 0.2) is 16.7 Å². The second-order valence-corrected chi connectivity index (χ2v) is 8.28. The lowest BCUT2D eigenvalue weighted by molar-refractivity contribution is 0.127. The molecule has 0 radical (unpaired) electrons. The monoisotopic (exact) mass is 479 g/mol. The Kier molecular flexibility index (Phi) is 6.88. The molecule has 0 aliphatic heterocycles. The van der Waals surface area contributed by atoms with Crippen molar-refractivity contribution in [2.75, 3.05) is 25.6 Å². The molecule has 2 heterocycles. The normalized spacial score (nSPS) is 16.4. The van der Waals surface area contributed by atoms with E-state index in [9.17, 15) is 4.79 Å². The number of nitrogens with zero attached hydrogens (tertiary/aromatic N) is 2. The van der Waals surface area contributed by atoms with Gasteiger partial charge in [-0.2, -0.15) is 4.98 Å². The molecule has 11 heteroatoms. The molecule has 0 spiro atoms. The van der Waals surface area contributed by atoms with Crippen molar-refractivity contribution in [2.24, 2.45) is 0 Å². The maximum atomic E-state index is 11.0. The quantitative estimate of drug-likeness (QED) is 0.285. The number of aromatic amines is 1. The summed E-state index contributed by atoms with van der Waals surface area (Å²) in [6.07, 6.45) is 1.39. The molecule has 0 saturated carbocycles. The number of nitrogens with one attached hydrogen (secondary N) is 3. The van der Waals surface area contributed by atoms with Crippen LogP contribution in [0.4, 0.5) is 10.6 Å². The van der Waals surface area contributed by atoms with Gasteiger partial charge in [-0.25, -0.2) is 9.78 Å². The van der Waals surface area contributed by atoms with Crippen LogP contribution in [-0.2, 0) is 17.6 Å². The Labute approximate surface area is 194 Å². The summed E-state index contributed by atoms with van der Waals surface area (Å²) in [5.41, 5.74) is 3.66. The van der Waals surface area contributed by atoms with E-state index < -0.39 is 12.1 Å². The van der Waals surface area contributed by atoms with E-state index in [0.29, 0.717) is 5.82 Å². The number of carboxylic acid groups (broad SMARTS) is 1. The minimum absolute atomic E-state index is 0.00875. The summed E-state index contributed by atoms with van der Waals surface area (Å²) in [4.78, 5) is 22.7. The van der Waals surface area contributed by atoms with Crippen LogP contribution in [0.15, 0.2) is 24.3 Å². The van der Waals surface area contributed by atoms with Crippen LogP contribution in [0.2, 0.25) is 10.4 Å². The largest absolute Gasteiger partial charge is 0.485 e. The summed E-state index contributed by atoms with van der Waals surface area (Å²) in [6.45, 7) is 0.115. The highest BCUT2D eigenvalue weighted by atomic mass is 35.5. The van der Waals surface area contributed by atoms with Crippen LogP contribution < -0.4 is 15.4 Å². The SMILES string of the molecule is COC[C@H](COc1c(Cl)nc(Cl)nc1N[C@@H]1CCc2[nH]c3ccccc3c2C1)NC(=O)O. The average Bonchev–Trinajstić information content (AvgIpc) is 3.11. The zero-order chi connectivity index (χ0) is 22.7. The van der Waals surface area contributed by atoms with Crippen LogP contribution >= 0.6 is 23.2 Å². The number of anilines is 1. The van der Waals surface area contributed by atoms with Crippen molar-refractivity contribution in [1.82, 2.24) is 20.3 Å². The van der Waals surface area contributed by atoms with Crippen LogP contribution in [-0.4, -0.2) is 58.6 Å². The number of amides is 1. The first-order valence-electron chi connectivity index (χ1n) is 10.1. The van der Waals surface area contributed by atoms with Gasteiger partial charge >= 0.3 is 6.09 Å². The molecule has 3 aromatic rings. The second kappa shape index (κ2) is 9.81. The Morgan fingerprint density at radius 1 is 1.31 bits per heavy atom. The van der Waals surface area contributed by atoms with Crippen LogP contribution in [0.1, 0.15) is 17.7 Å². The van der Waals surface area contributed by atoms with Gasteiger partial charge in [0.25, 0.3) is 0 Å². The molecular formula is C21H23Cl2N5O4. The predicted molar refractivity (Wildman–Crippen MR) is 122 cm³/mol. The smallest absolute Gasteiger partial charge is 0.405 e. The highest BCUT2D eigenvalue weighted by Gasteiger charge is 2.25. The van der Waals surface area contributed by atoms with Crippen molar-refractivity contribution >= 4 is 46.0 Å². The van der Waals surface area contributed by atoms with Crippen LogP contribution in [0, 0.1) is 0 Å². The van der Waals surface area contributed by atoms with Crippen LogP contribution in [0.3, 0.4) is 0 Å². The molecule has 4 rings (SSSR count). The summed E-state index contributed by atoms with van der Waals surface area (Å²) in [7, 11) is 1.48. The predicted octanol–water partition coefficient (Wildman–Crippen LogP) is 3.90. The summed E-state index contributed by atoms with van der Waals surface area (Å²) in [6, 6.07) is 7.73. The van der Waals surface area contributed by atoms with Gasteiger partial charge in [0.2, 0.25) is 5.28 Å². The molecule has 170 valence electrons. The van der Waals surface area contributed by atoms with Gasteiger partial charge in [-0.05, 0) is 42.5 Å². The lowest BCUT2D eigenvalue weighted by Gasteiger charge is -2.25. The number of H-pyrrole nitrogens is 1. The minimum atomic E-state index is -1.18. The zero-order valence-corrected chi connectivity index (χ0v) is 18.8. The van der Waals surface area contributed by atoms with E-state index in [4.69, 9.17) is 37.8 Å². The van der Waals surface area contributed by atoms with Gasteiger partial charge in [0.1, 0.15) is 6.61 Å². The molecule has 1 aliphatic rings. The third kappa shape index (κ3) is 5.01. The fourth-order valence-electron chi connectivity index (χ4n) is 4.00. The highest BCUT2D eigenvalue weighted by molar-refractivity contribution is 6.33. The molecule has 2 aromatic heterocycles. The molecule has 1 aromatic carbocycles. The van der Waals surface area contributed by atoms with Crippen molar-refractivity contribution in [3.05, 3.63) is 46.0 Å². The molecular weight excluding hydrogens is 457 g/mol. The first-order valence-corrected chi connectivity index (χ1v) is 10.9. The maximum absolute atomic E-state index is 11.0. The number of fused-ring (bicyclic) bond motifs is 3. The Bertz CT molecular complexity index is 1120. The third-order valence-corrected chi connectivity index (χ3v) is 5.78. The molecule has 1 amide bonds. The Hall–Kier alpha value is -2.75. The standard InChI is InChI=1S/C21H23Cl2N5O4/c1-31-9-12(25-21(29)30)10-32-17-18(22)27-20(23)28-19(17)24-11-6-7-16-14(8-11)13-4-2-3-5-15(13)26-16/h2-5,11-12,25-26H,6-10H2,1H3,(H,29,30)(H,24,27,28)/t11-,12-/m1/s1. The van der Waals surface area contributed by atoms with Crippen molar-refractivity contribution in [1.29, 1.82) is 0 Å². The average molecular weight is 480 g/mol. The first-order chi connectivity index (χ1) is 15.4. The van der Waals surface area contributed by atoms with Gasteiger partial charge < -0.3 is 30.2 Å². The fraction of sp³-hybridized carbons (Fsp3) is 0.381. The fourth-order valence-corrected chi connectivity index (χ4v) is 4.44. The molecule has 32 heavy (non-hydrogen) atoms. The van der Waals surface area contributed by atoms with Gasteiger partial charge in [-0.3, -0.25) is 0 Å². The summed E-state index contributed by atoms with van der Waals surface area (Å²) in [5.74, 6) is 0.587. The molecule has 0 saturated heterocycles. The first kappa shape index (κ1) is 22.4. The van der Waals surface area contributed by atoms with E-state index in [1.165, 1.54) is 23.8 Å². The third-order valence-electron chi connectivity index (χ3n) is 5.36. The lowest BCUT2D eigenvalue weighted by atomic mass is 9.91. The number of rotatable bonds is 8. The highest BCUT2D eigenvalue weighted by Crippen LogP contribution is 2.35. The molecule has 9 nitrogen and oxygen atoms in total.